The highest BCUT2D eigenvalue weighted by molar-refractivity contribution is 7.90. The summed E-state index contributed by atoms with van der Waals surface area (Å²) in [5.74, 6) is 0.685. The van der Waals surface area contributed by atoms with Crippen molar-refractivity contribution in [2.75, 3.05) is 37.6 Å². The van der Waals surface area contributed by atoms with Crippen molar-refractivity contribution in [3.8, 4) is 11.5 Å². The van der Waals surface area contributed by atoms with Gasteiger partial charge in [0, 0.05) is 12.3 Å². The second-order valence-corrected chi connectivity index (χ2v) is 8.61. The Morgan fingerprint density at radius 2 is 2.08 bits per heavy atom. The second kappa shape index (κ2) is 7.49. The highest BCUT2D eigenvalue weighted by Gasteiger charge is 2.28. The molecule has 0 saturated carbocycles. The summed E-state index contributed by atoms with van der Waals surface area (Å²) in [6.07, 6.45) is 0.415. The van der Waals surface area contributed by atoms with Gasteiger partial charge < -0.3 is 18.9 Å². The molecule has 9 heteroatoms. The molecule has 1 amide bonds. The molecule has 140 valence electrons. The minimum absolute atomic E-state index is 0.111. The summed E-state index contributed by atoms with van der Waals surface area (Å²) in [5, 5.41) is 2.55. The minimum Gasteiger partial charge on any atom is -0.495 e. The van der Waals surface area contributed by atoms with E-state index in [1.54, 1.807) is 18.2 Å². The Kier molecular flexibility index (Phi) is 5.79. The normalized spacial score (nSPS) is 16.9. The fraction of sp³-hybridized carbons (Fsp3) is 0.562. The van der Waals surface area contributed by atoms with E-state index in [2.05, 4.69) is 5.32 Å². The molecule has 25 heavy (non-hydrogen) atoms. The first kappa shape index (κ1) is 19.3. The number of benzene rings is 1. The molecule has 0 unspecified atom stereocenters. The fourth-order valence-corrected chi connectivity index (χ4v) is 3.60. The monoisotopic (exact) mass is 373 g/mol. The molecule has 1 aromatic carbocycles. The van der Waals surface area contributed by atoms with Crippen LogP contribution in [0.3, 0.4) is 0 Å². The predicted molar refractivity (Wildman–Crippen MR) is 92.1 cm³/mol. The van der Waals surface area contributed by atoms with E-state index in [1.807, 2.05) is 0 Å². The standard InChI is InChI=1S/C16H23NO7S/c1-16(2,10-25(4,19)20)24-15(18)17-13-7-11(5-6-14(13)21-3)22-8-12-9-23-12/h5-7,12H,8-10H2,1-4H3,(H,17,18)/t12-/m1/s1. The molecule has 0 bridgehead atoms. The van der Waals surface area contributed by atoms with Gasteiger partial charge in [0.1, 0.15) is 29.8 Å². The molecule has 1 saturated heterocycles. The second-order valence-electron chi connectivity index (χ2n) is 6.47. The minimum atomic E-state index is -3.29. The third kappa shape index (κ3) is 6.79. The van der Waals surface area contributed by atoms with E-state index in [0.29, 0.717) is 30.4 Å². The van der Waals surface area contributed by atoms with Gasteiger partial charge in [-0.3, -0.25) is 5.32 Å². The maximum Gasteiger partial charge on any atom is 0.412 e. The van der Waals surface area contributed by atoms with Gasteiger partial charge in [0.2, 0.25) is 0 Å². The van der Waals surface area contributed by atoms with Crippen LogP contribution in [-0.2, 0) is 19.3 Å². The maximum atomic E-state index is 12.1. The predicted octanol–water partition coefficient (Wildman–Crippen LogP) is 1.84. The average Bonchev–Trinajstić information content (AvgIpc) is 3.26. The Labute approximate surface area is 147 Å². The summed E-state index contributed by atoms with van der Waals surface area (Å²) >= 11 is 0. The number of epoxide rings is 1. The van der Waals surface area contributed by atoms with Crippen molar-refractivity contribution in [2.24, 2.45) is 0 Å². The van der Waals surface area contributed by atoms with Crippen LogP contribution in [0.1, 0.15) is 13.8 Å². The van der Waals surface area contributed by atoms with Crippen molar-refractivity contribution in [1.29, 1.82) is 0 Å². The first-order chi connectivity index (χ1) is 11.6. The molecule has 0 radical (unpaired) electrons. The van der Waals surface area contributed by atoms with Gasteiger partial charge in [0.25, 0.3) is 0 Å². The molecule has 2 rings (SSSR count). The van der Waals surface area contributed by atoms with Gasteiger partial charge in [0.05, 0.1) is 25.2 Å². The van der Waals surface area contributed by atoms with Gasteiger partial charge in [-0.15, -0.1) is 0 Å². The number of sulfone groups is 1. The van der Waals surface area contributed by atoms with E-state index in [4.69, 9.17) is 18.9 Å². The molecular formula is C16H23NO7S. The van der Waals surface area contributed by atoms with Crippen LogP contribution in [-0.4, -0.2) is 58.5 Å². The van der Waals surface area contributed by atoms with Crippen molar-refractivity contribution in [3.63, 3.8) is 0 Å². The van der Waals surface area contributed by atoms with Crippen molar-refractivity contribution in [1.82, 2.24) is 0 Å². The average molecular weight is 373 g/mol. The molecule has 1 aromatic rings. The Morgan fingerprint density at radius 1 is 1.40 bits per heavy atom. The number of hydrogen-bond acceptors (Lipinski definition) is 7. The lowest BCUT2D eigenvalue weighted by Gasteiger charge is -2.24. The van der Waals surface area contributed by atoms with Crippen LogP contribution in [0.15, 0.2) is 18.2 Å². The third-order valence-corrected chi connectivity index (χ3v) is 4.44. The summed E-state index contributed by atoms with van der Waals surface area (Å²) in [6, 6.07) is 4.97. The van der Waals surface area contributed by atoms with Crippen LogP contribution >= 0.6 is 0 Å². The highest BCUT2D eigenvalue weighted by Crippen LogP contribution is 2.30. The molecule has 0 aliphatic carbocycles. The number of hydrogen-bond donors (Lipinski definition) is 1. The maximum absolute atomic E-state index is 12.1. The van der Waals surface area contributed by atoms with Crippen LogP contribution < -0.4 is 14.8 Å². The number of ether oxygens (including phenoxy) is 4. The molecule has 0 aromatic heterocycles. The molecule has 1 heterocycles. The van der Waals surface area contributed by atoms with E-state index in [0.717, 1.165) is 6.26 Å². The molecular weight excluding hydrogens is 350 g/mol. The first-order valence-electron chi connectivity index (χ1n) is 7.68. The van der Waals surface area contributed by atoms with Gasteiger partial charge in [-0.25, -0.2) is 13.2 Å². The summed E-state index contributed by atoms with van der Waals surface area (Å²) in [6.45, 7) is 4.17. The Morgan fingerprint density at radius 3 is 2.64 bits per heavy atom. The molecule has 0 spiro atoms. The van der Waals surface area contributed by atoms with Crippen LogP contribution in [0.25, 0.3) is 0 Å². The van der Waals surface area contributed by atoms with E-state index in [1.165, 1.54) is 21.0 Å². The highest BCUT2D eigenvalue weighted by atomic mass is 32.2. The van der Waals surface area contributed by atoms with E-state index in [-0.39, 0.29) is 11.9 Å². The van der Waals surface area contributed by atoms with Crippen molar-refractivity contribution >= 4 is 21.6 Å². The van der Waals surface area contributed by atoms with E-state index >= 15 is 0 Å². The largest absolute Gasteiger partial charge is 0.495 e. The van der Waals surface area contributed by atoms with Gasteiger partial charge in [-0.05, 0) is 26.0 Å². The van der Waals surface area contributed by atoms with Crippen molar-refractivity contribution < 1.29 is 32.2 Å². The first-order valence-corrected chi connectivity index (χ1v) is 9.74. The lowest BCUT2D eigenvalue weighted by atomic mass is 10.2. The van der Waals surface area contributed by atoms with Crippen molar-refractivity contribution in [2.45, 2.75) is 25.6 Å². The summed E-state index contributed by atoms with van der Waals surface area (Å²) in [5.41, 5.74) is -0.806. The zero-order valence-electron chi connectivity index (χ0n) is 14.7. The van der Waals surface area contributed by atoms with Gasteiger partial charge in [-0.2, -0.15) is 0 Å². The number of carbonyl (C=O) groups is 1. The number of methoxy groups -OCH3 is 1. The quantitative estimate of drug-likeness (QED) is 0.694. The Hall–Kier alpha value is -2.00. The molecule has 1 fully saturated rings. The van der Waals surface area contributed by atoms with Gasteiger partial charge in [-0.1, -0.05) is 0 Å². The summed E-state index contributed by atoms with van der Waals surface area (Å²) in [7, 11) is -1.82. The molecule has 1 aliphatic heterocycles. The number of carbonyl (C=O) groups excluding carboxylic acids is 1. The molecule has 8 nitrogen and oxygen atoms in total. The van der Waals surface area contributed by atoms with Gasteiger partial charge >= 0.3 is 6.09 Å². The van der Waals surface area contributed by atoms with Crippen LogP contribution in [0.4, 0.5) is 10.5 Å². The number of anilines is 1. The van der Waals surface area contributed by atoms with Crippen molar-refractivity contribution in [3.05, 3.63) is 18.2 Å². The lowest BCUT2D eigenvalue weighted by Crippen LogP contribution is -2.37. The molecule has 1 atom stereocenters. The zero-order valence-corrected chi connectivity index (χ0v) is 15.5. The van der Waals surface area contributed by atoms with Crippen LogP contribution in [0, 0.1) is 0 Å². The lowest BCUT2D eigenvalue weighted by molar-refractivity contribution is 0.0659. The fourth-order valence-electron chi connectivity index (χ4n) is 2.28. The number of amides is 1. The van der Waals surface area contributed by atoms with Crippen LogP contribution in [0.2, 0.25) is 0 Å². The van der Waals surface area contributed by atoms with Gasteiger partial charge in [0.15, 0.2) is 9.84 Å². The third-order valence-electron chi connectivity index (χ3n) is 3.22. The van der Waals surface area contributed by atoms with Crippen LogP contribution in [0.5, 0.6) is 11.5 Å². The SMILES string of the molecule is COc1ccc(OC[C@@H]2CO2)cc1NC(=O)OC(C)(C)CS(C)(=O)=O. The number of rotatable bonds is 8. The molecule has 1 N–H and O–H groups in total. The summed E-state index contributed by atoms with van der Waals surface area (Å²) < 4.78 is 43.9. The summed E-state index contributed by atoms with van der Waals surface area (Å²) in [4.78, 5) is 12.1. The smallest absolute Gasteiger partial charge is 0.412 e. The molecule has 1 aliphatic rings. The topological polar surface area (TPSA) is 103 Å². The number of nitrogens with one attached hydrogen (secondary N) is 1. The Balaban J connectivity index is 2.03. The van der Waals surface area contributed by atoms with E-state index in [9.17, 15) is 13.2 Å². The zero-order chi connectivity index (χ0) is 18.7. The van der Waals surface area contributed by atoms with E-state index < -0.39 is 21.5 Å². The Bertz CT molecular complexity index is 726.